The average molecular weight is 370 g/mol. The molecule has 1 fully saturated rings. The van der Waals surface area contributed by atoms with Gasteiger partial charge in [0.2, 0.25) is 5.91 Å². The number of nitrogens with one attached hydrogen (secondary N) is 1. The quantitative estimate of drug-likeness (QED) is 0.710. The summed E-state index contributed by atoms with van der Waals surface area (Å²) in [6, 6.07) is 5.29. The Morgan fingerprint density at radius 1 is 1.23 bits per heavy atom. The zero-order chi connectivity index (χ0) is 19.1. The van der Waals surface area contributed by atoms with Crippen LogP contribution in [0.3, 0.4) is 0 Å². The van der Waals surface area contributed by atoms with Crippen molar-refractivity contribution >= 4 is 23.7 Å². The standard InChI is InChI=1S/C16H16F2N2O6/c17-16(18)26-11-5-2-1-4-10(11)15(24)19-8-14(23)25-9-13(22)20-7-3-6-12(20)21/h1-2,4-5,16H,3,6-9H2,(H,19,24). The Labute approximate surface area is 147 Å². The van der Waals surface area contributed by atoms with E-state index >= 15 is 0 Å². The maximum absolute atomic E-state index is 12.3. The maximum Gasteiger partial charge on any atom is 0.387 e. The molecule has 0 aliphatic carbocycles. The summed E-state index contributed by atoms with van der Waals surface area (Å²) in [5.74, 6) is -3.03. The minimum absolute atomic E-state index is 0.181. The van der Waals surface area contributed by atoms with Crippen molar-refractivity contribution in [3.63, 3.8) is 0 Å². The van der Waals surface area contributed by atoms with Gasteiger partial charge in [-0.3, -0.25) is 24.1 Å². The van der Waals surface area contributed by atoms with E-state index in [1.807, 2.05) is 0 Å². The molecule has 2 rings (SSSR count). The lowest BCUT2D eigenvalue weighted by Crippen LogP contribution is -2.37. The van der Waals surface area contributed by atoms with Crippen LogP contribution in [0.4, 0.5) is 8.78 Å². The SMILES string of the molecule is O=C(CNC(=O)c1ccccc1OC(F)F)OCC(=O)N1CCCC1=O. The first kappa shape index (κ1) is 19.3. The highest BCUT2D eigenvalue weighted by Gasteiger charge is 2.27. The summed E-state index contributed by atoms with van der Waals surface area (Å²) in [5.41, 5.74) is -0.181. The van der Waals surface area contributed by atoms with Crippen LogP contribution in [0.1, 0.15) is 23.2 Å². The predicted molar refractivity (Wildman–Crippen MR) is 82.3 cm³/mol. The molecule has 10 heteroatoms. The summed E-state index contributed by atoms with van der Waals surface area (Å²) in [5, 5.41) is 2.18. The highest BCUT2D eigenvalue weighted by Crippen LogP contribution is 2.19. The van der Waals surface area contributed by atoms with E-state index in [1.54, 1.807) is 0 Å². The maximum atomic E-state index is 12.3. The number of amides is 3. The van der Waals surface area contributed by atoms with Crippen LogP contribution in [0.5, 0.6) is 5.75 Å². The van der Waals surface area contributed by atoms with Crippen molar-refractivity contribution in [3.05, 3.63) is 29.8 Å². The molecule has 0 atom stereocenters. The smallest absolute Gasteiger partial charge is 0.387 e. The van der Waals surface area contributed by atoms with Gasteiger partial charge in [0.25, 0.3) is 11.8 Å². The highest BCUT2D eigenvalue weighted by molar-refractivity contribution is 5.99. The Balaban J connectivity index is 1.81. The summed E-state index contributed by atoms with van der Waals surface area (Å²) < 4.78 is 33.6. The molecular formula is C16H16F2N2O6. The van der Waals surface area contributed by atoms with Crippen molar-refractivity contribution in [2.75, 3.05) is 19.7 Å². The normalized spacial score (nSPS) is 13.7. The number of benzene rings is 1. The van der Waals surface area contributed by atoms with Crippen LogP contribution in [0.2, 0.25) is 0 Å². The molecule has 140 valence electrons. The number of ether oxygens (including phenoxy) is 2. The van der Waals surface area contributed by atoms with Crippen molar-refractivity contribution in [2.24, 2.45) is 0 Å². The zero-order valence-electron chi connectivity index (χ0n) is 13.6. The topological polar surface area (TPSA) is 102 Å². The predicted octanol–water partition coefficient (Wildman–Crippen LogP) is 0.710. The summed E-state index contributed by atoms with van der Waals surface area (Å²) in [6.07, 6.45) is 0.838. The van der Waals surface area contributed by atoms with Crippen LogP contribution in [0, 0.1) is 0 Å². The fourth-order valence-corrected chi connectivity index (χ4v) is 2.28. The molecule has 0 radical (unpaired) electrons. The minimum atomic E-state index is -3.10. The number of carbonyl (C=O) groups is 4. The Morgan fingerprint density at radius 2 is 1.96 bits per heavy atom. The van der Waals surface area contributed by atoms with Gasteiger partial charge in [-0.05, 0) is 18.6 Å². The molecule has 26 heavy (non-hydrogen) atoms. The Bertz CT molecular complexity index is 710. The molecule has 3 amide bonds. The van der Waals surface area contributed by atoms with Crippen molar-refractivity contribution in [1.29, 1.82) is 0 Å². The molecule has 1 N–H and O–H groups in total. The van der Waals surface area contributed by atoms with Crippen LogP contribution in [0.15, 0.2) is 24.3 Å². The van der Waals surface area contributed by atoms with Crippen LogP contribution < -0.4 is 10.1 Å². The van der Waals surface area contributed by atoms with Gasteiger partial charge in [-0.25, -0.2) is 0 Å². The molecule has 1 aliphatic heterocycles. The molecule has 1 aromatic rings. The van der Waals surface area contributed by atoms with Crippen LogP contribution in [-0.4, -0.2) is 54.9 Å². The number of halogens is 2. The lowest BCUT2D eigenvalue weighted by Gasteiger charge is -2.13. The lowest BCUT2D eigenvalue weighted by molar-refractivity contribution is -0.154. The van der Waals surface area contributed by atoms with Gasteiger partial charge >= 0.3 is 12.6 Å². The molecular weight excluding hydrogens is 354 g/mol. The Morgan fingerprint density at radius 3 is 2.62 bits per heavy atom. The summed E-state index contributed by atoms with van der Waals surface area (Å²) in [7, 11) is 0. The molecule has 1 aliphatic rings. The number of rotatable bonds is 7. The molecule has 1 aromatic carbocycles. The van der Waals surface area contributed by atoms with E-state index in [0.29, 0.717) is 6.42 Å². The Hall–Kier alpha value is -3.04. The van der Waals surface area contributed by atoms with Crippen molar-refractivity contribution in [1.82, 2.24) is 10.2 Å². The van der Waals surface area contributed by atoms with Crippen molar-refractivity contribution in [3.8, 4) is 5.75 Å². The number of carbonyl (C=O) groups excluding carboxylic acids is 4. The van der Waals surface area contributed by atoms with E-state index in [1.165, 1.54) is 24.3 Å². The number of para-hydroxylation sites is 1. The number of nitrogens with zero attached hydrogens (tertiary/aromatic N) is 1. The fraction of sp³-hybridized carbons (Fsp3) is 0.375. The van der Waals surface area contributed by atoms with E-state index in [-0.39, 0.29) is 30.2 Å². The summed E-state index contributed by atoms with van der Waals surface area (Å²) in [6.45, 7) is -4.02. The molecule has 0 spiro atoms. The first-order valence-electron chi connectivity index (χ1n) is 7.69. The number of likely N-dealkylation sites (tertiary alicyclic amines) is 1. The third kappa shape index (κ3) is 5.23. The molecule has 0 saturated carbocycles. The average Bonchev–Trinajstić information content (AvgIpc) is 3.03. The molecule has 0 aromatic heterocycles. The lowest BCUT2D eigenvalue weighted by atomic mass is 10.2. The van der Waals surface area contributed by atoms with Crippen LogP contribution in [0.25, 0.3) is 0 Å². The number of hydrogen-bond acceptors (Lipinski definition) is 6. The summed E-state index contributed by atoms with van der Waals surface area (Å²) >= 11 is 0. The third-order valence-electron chi connectivity index (χ3n) is 3.47. The number of esters is 1. The van der Waals surface area contributed by atoms with Gasteiger partial charge in [0.15, 0.2) is 6.61 Å². The summed E-state index contributed by atoms with van der Waals surface area (Å²) in [4.78, 5) is 47.7. The first-order valence-corrected chi connectivity index (χ1v) is 7.69. The van der Waals surface area contributed by atoms with Gasteiger partial charge < -0.3 is 14.8 Å². The zero-order valence-corrected chi connectivity index (χ0v) is 13.6. The van der Waals surface area contributed by atoms with E-state index in [0.717, 1.165) is 4.90 Å². The van der Waals surface area contributed by atoms with E-state index in [2.05, 4.69) is 10.1 Å². The number of alkyl halides is 2. The van der Waals surface area contributed by atoms with Crippen LogP contribution in [-0.2, 0) is 19.1 Å². The second kappa shape index (κ2) is 8.88. The van der Waals surface area contributed by atoms with Crippen molar-refractivity contribution in [2.45, 2.75) is 19.5 Å². The van der Waals surface area contributed by atoms with Gasteiger partial charge in [-0.2, -0.15) is 8.78 Å². The second-order valence-electron chi connectivity index (χ2n) is 5.26. The van der Waals surface area contributed by atoms with E-state index in [9.17, 15) is 28.0 Å². The van der Waals surface area contributed by atoms with E-state index in [4.69, 9.17) is 4.74 Å². The van der Waals surface area contributed by atoms with Gasteiger partial charge in [0, 0.05) is 13.0 Å². The monoisotopic (exact) mass is 370 g/mol. The van der Waals surface area contributed by atoms with Crippen molar-refractivity contribution < 1.29 is 37.4 Å². The molecule has 0 bridgehead atoms. The molecule has 0 unspecified atom stereocenters. The van der Waals surface area contributed by atoms with Crippen LogP contribution >= 0.6 is 0 Å². The largest absolute Gasteiger partial charge is 0.454 e. The highest BCUT2D eigenvalue weighted by atomic mass is 19.3. The Kier molecular flexibility index (Phi) is 6.59. The van der Waals surface area contributed by atoms with E-state index < -0.39 is 37.5 Å². The first-order chi connectivity index (χ1) is 12.4. The molecule has 1 saturated heterocycles. The van der Waals surface area contributed by atoms with Gasteiger partial charge in [-0.15, -0.1) is 0 Å². The number of hydrogen-bond donors (Lipinski definition) is 1. The fourth-order valence-electron chi connectivity index (χ4n) is 2.28. The number of imide groups is 1. The second-order valence-corrected chi connectivity index (χ2v) is 5.26. The minimum Gasteiger partial charge on any atom is -0.454 e. The van der Waals surface area contributed by atoms with Gasteiger partial charge in [0.05, 0.1) is 5.56 Å². The molecule has 8 nitrogen and oxygen atoms in total. The molecule has 1 heterocycles. The van der Waals surface area contributed by atoms with Gasteiger partial charge in [0.1, 0.15) is 12.3 Å². The van der Waals surface area contributed by atoms with Gasteiger partial charge in [-0.1, -0.05) is 12.1 Å². The third-order valence-corrected chi connectivity index (χ3v) is 3.47.